The van der Waals surface area contributed by atoms with Crippen molar-refractivity contribution >= 4 is 10.9 Å². The first-order valence-electron chi connectivity index (χ1n) is 11.6. The van der Waals surface area contributed by atoms with Crippen LogP contribution in [0, 0.1) is 5.82 Å². The maximum atomic E-state index is 15.0. The van der Waals surface area contributed by atoms with E-state index >= 15 is 4.39 Å². The van der Waals surface area contributed by atoms with E-state index in [9.17, 15) is 5.11 Å². The highest BCUT2D eigenvalue weighted by molar-refractivity contribution is 5.86. The molecule has 0 radical (unpaired) electrons. The number of H-pyrrole nitrogens is 1. The molecule has 1 aliphatic heterocycles. The number of nitrogens with zero attached hydrogens (tertiary/aromatic N) is 1. The molecular formula is C26H31FN2O2. The highest BCUT2D eigenvalue weighted by Crippen LogP contribution is 2.30. The van der Waals surface area contributed by atoms with Gasteiger partial charge in [0.1, 0.15) is 5.82 Å². The summed E-state index contributed by atoms with van der Waals surface area (Å²) in [6, 6.07) is 13.9. The van der Waals surface area contributed by atoms with Gasteiger partial charge in [-0.2, -0.15) is 0 Å². The number of hydrogen-bond acceptors (Lipinski definition) is 3. The molecule has 2 heterocycles. The minimum Gasteiger partial charge on any atom is -0.395 e. The van der Waals surface area contributed by atoms with Crippen molar-refractivity contribution in [3.63, 3.8) is 0 Å². The van der Waals surface area contributed by atoms with Gasteiger partial charge < -0.3 is 14.8 Å². The van der Waals surface area contributed by atoms with Crippen molar-refractivity contribution in [1.82, 2.24) is 9.88 Å². The third-order valence-electron chi connectivity index (χ3n) is 6.87. The first kappa shape index (κ1) is 20.7. The van der Waals surface area contributed by atoms with E-state index in [4.69, 9.17) is 4.74 Å². The number of halogens is 1. The molecule has 5 heteroatoms. The molecule has 2 aromatic carbocycles. The van der Waals surface area contributed by atoms with E-state index in [0.29, 0.717) is 18.3 Å². The number of rotatable bonds is 7. The molecule has 1 saturated carbocycles. The summed E-state index contributed by atoms with van der Waals surface area (Å²) in [5.41, 5.74) is 4.47. The van der Waals surface area contributed by atoms with E-state index in [1.54, 1.807) is 6.07 Å². The van der Waals surface area contributed by atoms with Gasteiger partial charge in [0.05, 0.1) is 19.3 Å². The lowest BCUT2D eigenvalue weighted by molar-refractivity contribution is 0.0457. The molecular weight excluding hydrogens is 391 g/mol. The third-order valence-corrected chi connectivity index (χ3v) is 6.87. The minimum atomic E-state index is -0.218. The second-order valence-corrected chi connectivity index (χ2v) is 9.08. The number of aliphatic hydroxyl groups is 1. The standard InChI is InChI=1S/C26H31FN2O2/c27-25-14-26-20(12-21(28-26)15-29-10-4-7-22(29)16-30)13-24(25)19-6-3-5-18(11-19)17-31-23-8-1-2-9-23/h3,5-6,11-14,22-23,28,30H,1-2,4,7-10,15-17H2/t22-/m1/s1. The van der Waals surface area contributed by atoms with Gasteiger partial charge in [0.25, 0.3) is 0 Å². The van der Waals surface area contributed by atoms with Crippen LogP contribution in [0.4, 0.5) is 4.39 Å². The van der Waals surface area contributed by atoms with Gasteiger partial charge in [-0.25, -0.2) is 4.39 Å². The number of hydrogen-bond donors (Lipinski definition) is 2. The summed E-state index contributed by atoms with van der Waals surface area (Å²) in [6.07, 6.45) is 7.34. The van der Waals surface area contributed by atoms with Crippen LogP contribution in [-0.2, 0) is 17.9 Å². The van der Waals surface area contributed by atoms with Crippen LogP contribution in [0.25, 0.3) is 22.0 Å². The zero-order valence-electron chi connectivity index (χ0n) is 17.9. The van der Waals surface area contributed by atoms with Crippen molar-refractivity contribution < 1.29 is 14.2 Å². The van der Waals surface area contributed by atoms with Crippen LogP contribution >= 0.6 is 0 Å². The number of aromatic amines is 1. The molecule has 2 fully saturated rings. The third kappa shape index (κ3) is 4.54. The Morgan fingerprint density at radius 3 is 2.77 bits per heavy atom. The number of nitrogens with one attached hydrogen (secondary N) is 1. The Morgan fingerprint density at radius 1 is 1.06 bits per heavy atom. The number of aliphatic hydroxyl groups excluding tert-OH is 1. The molecule has 0 unspecified atom stereocenters. The quantitative estimate of drug-likeness (QED) is 0.537. The van der Waals surface area contributed by atoms with Crippen LogP contribution in [0.5, 0.6) is 0 Å². The molecule has 1 saturated heterocycles. The lowest BCUT2D eigenvalue weighted by Gasteiger charge is -2.21. The minimum absolute atomic E-state index is 0.194. The van der Waals surface area contributed by atoms with Gasteiger partial charge >= 0.3 is 0 Å². The van der Waals surface area contributed by atoms with Crippen molar-refractivity contribution in [2.24, 2.45) is 0 Å². The highest BCUT2D eigenvalue weighted by atomic mass is 19.1. The van der Waals surface area contributed by atoms with E-state index in [-0.39, 0.29) is 18.5 Å². The molecule has 31 heavy (non-hydrogen) atoms. The number of aromatic nitrogens is 1. The number of likely N-dealkylation sites (tertiary alicyclic amines) is 1. The Morgan fingerprint density at radius 2 is 1.94 bits per heavy atom. The normalized spacial score (nSPS) is 20.3. The molecule has 2 N–H and O–H groups in total. The zero-order valence-corrected chi connectivity index (χ0v) is 17.9. The monoisotopic (exact) mass is 422 g/mol. The van der Waals surface area contributed by atoms with Gasteiger partial charge in [-0.05, 0) is 67.6 Å². The first-order chi connectivity index (χ1) is 15.2. The Bertz CT molecular complexity index is 1040. The largest absolute Gasteiger partial charge is 0.395 e. The van der Waals surface area contributed by atoms with E-state index in [0.717, 1.165) is 66.5 Å². The van der Waals surface area contributed by atoms with Gasteiger partial charge in [0, 0.05) is 34.7 Å². The Labute approximate surface area is 183 Å². The molecule has 5 rings (SSSR count). The maximum absolute atomic E-state index is 15.0. The lowest BCUT2D eigenvalue weighted by Crippen LogP contribution is -2.31. The summed E-state index contributed by atoms with van der Waals surface area (Å²) in [5.74, 6) is -0.218. The van der Waals surface area contributed by atoms with Crippen LogP contribution in [0.3, 0.4) is 0 Å². The van der Waals surface area contributed by atoms with Crippen molar-refractivity contribution in [1.29, 1.82) is 0 Å². The zero-order chi connectivity index (χ0) is 21.2. The number of benzene rings is 2. The topological polar surface area (TPSA) is 48.5 Å². The fraction of sp³-hybridized carbons (Fsp3) is 0.462. The Hall–Kier alpha value is -2.21. The van der Waals surface area contributed by atoms with Crippen molar-refractivity contribution in [3.05, 3.63) is 59.5 Å². The Kier molecular flexibility index (Phi) is 6.08. The molecule has 1 aromatic heterocycles. The average Bonchev–Trinajstić information content (AvgIpc) is 3.53. The summed E-state index contributed by atoms with van der Waals surface area (Å²) in [4.78, 5) is 5.67. The fourth-order valence-electron chi connectivity index (χ4n) is 5.15. The first-order valence-corrected chi connectivity index (χ1v) is 11.6. The van der Waals surface area contributed by atoms with Gasteiger partial charge in [-0.1, -0.05) is 31.0 Å². The molecule has 1 aliphatic carbocycles. The predicted octanol–water partition coefficient (Wildman–Crippen LogP) is 5.39. The van der Waals surface area contributed by atoms with Crippen molar-refractivity contribution in [2.45, 2.75) is 63.8 Å². The molecule has 0 bridgehead atoms. The van der Waals surface area contributed by atoms with E-state index in [1.165, 1.54) is 12.8 Å². The molecule has 3 aromatic rings. The molecule has 2 aliphatic rings. The second-order valence-electron chi connectivity index (χ2n) is 9.08. The SMILES string of the molecule is OC[C@H]1CCCN1Cc1cc2cc(-c3cccc(COC4CCCC4)c3)c(F)cc2[nH]1. The molecule has 164 valence electrons. The van der Waals surface area contributed by atoms with Crippen molar-refractivity contribution in [2.75, 3.05) is 13.2 Å². The van der Waals surface area contributed by atoms with Gasteiger partial charge in [-0.3, -0.25) is 4.90 Å². The van der Waals surface area contributed by atoms with Gasteiger partial charge in [-0.15, -0.1) is 0 Å². The van der Waals surface area contributed by atoms with E-state index in [2.05, 4.69) is 22.0 Å². The fourth-order valence-corrected chi connectivity index (χ4v) is 5.15. The molecule has 4 nitrogen and oxygen atoms in total. The maximum Gasteiger partial charge on any atom is 0.133 e. The van der Waals surface area contributed by atoms with E-state index < -0.39 is 0 Å². The second kappa shape index (κ2) is 9.11. The summed E-state index contributed by atoms with van der Waals surface area (Å²) < 4.78 is 21.0. The average molecular weight is 423 g/mol. The predicted molar refractivity (Wildman–Crippen MR) is 121 cm³/mol. The number of ether oxygens (including phenoxy) is 1. The molecule has 0 amide bonds. The Balaban J connectivity index is 1.36. The molecule has 0 spiro atoms. The van der Waals surface area contributed by atoms with Crippen molar-refractivity contribution in [3.8, 4) is 11.1 Å². The molecule has 1 atom stereocenters. The van der Waals surface area contributed by atoms with Crippen LogP contribution in [0.15, 0.2) is 42.5 Å². The van der Waals surface area contributed by atoms with Crippen LogP contribution < -0.4 is 0 Å². The van der Waals surface area contributed by atoms with Gasteiger partial charge in [0.15, 0.2) is 0 Å². The van der Waals surface area contributed by atoms with E-state index in [1.807, 2.05) is 24.3 Å². The van der Waals surface area contributed by atoms with Gasteiger partial charge in [0.2, 0.25) is 0 Å². The number of fused-ring (bicyclic) bond motifs is 1. The van der Waals surface area contributed by atoms with Crippen LogP contribution in [-0.4, -0.2) is 40.3 Å². The summed E-state index contributed by atoms with van der Waals surface area (Å²) in [5, 5.41) is 10.6. The highest BCUT2D eigenvalue weighted by Gasteiger charge is 2.24. The van der Waals surface area contributed by atoms with Crippen LogP contribution in [0.1, 0.15) is 49.8 Å². The lowest BCUT2D eigenvalue weighted by atomic mass is 10.0. The van der Waals surface area contributed by atoms with Crippen LogP contribution in [0.2, 0.25) is 0 Å². The summed E-state index contributed by atoms with van der Waals surface area (Å²) >= 11 is 0. The summed E-state index contributed by atoms with van der Waals surface area (Å²) in [6.45, 7) is 2.53. The summed E-state index contributed by atoms with van der Waals surface area (Å²) in [7, 11) is 0. The smallest absolute Gasteiger partial charge is 0.133 e.